The van der Waals surface area contributed by atoms with E-state index in [2.05, 4.69) is 69.4 Å². The number of unbranched alkanes of at least 4 members (excludes halogenated alkanes) is 39. The van der Waals surface area contributed by atoms with Crippen LogP contribution in [-0.2, 0) is 28.6 Å². The van der Waals surface area contributed by atoms with E-state index in [1.165, 1.54) is 212 Å². The van der Waals surface area contributed by atoms with Crippen molar-refractivity contribution in [3.63, 3.8) is 0 Å². The topological polar surface area (TPSA) is 78.9 Å². The van der Waals surface area contributed by atoms with E-state index in [9.17, 15) is 14.4 Å². The average Bonchev–Trinajstić information content (AvgIpc) is 3.38. The zero-order valence-electron chi connectivity index (χ0n) is 48.2. The summed E-state index contributed by atoms with van der Waals surface area (Å²) in [6.07, 6.45) is 75.3. The van der Waals surface area contributed by atoms with Crippen molar-refractivity contribution in [2.24, 2.45) is 0 Å². The van der Waals surface area contributed by atoms with Gasteiger partial charge in [-0.15, -0.1) is 0 Å². The number of carbonyl (C=O) groups excluding carboxylic acids is 3. The fourth-order valence-corrected chi connectivity index (χ4v) is 9.27. The molecule has 0 saturated heterocycles. The Kier molecular flexibility index (Phi) is 58.7. The second-order valence-corrected chi connectivity index (χ2v) is 21.3. The third-order valence-electron chi connectivity index (χ3n) is 14.1. The maximum Gasteiger partial charge on any atom is 0.306 e. The van der Waals surface area contributed by atoms with Crippen LogP contribution >= 0.6 is 0 Å². The molecule has 0 aliphatic rings. The summed E-state index contributed by atoms with van der Waals surface area (Å²) in [4.78, 5) is 38.3. The minimum atomic E-state index is -0.780. The zero-order chi connectivity index (χ0) is 52.2. The summed E-state index contributed by atoms with van der Waals surface area (Å²) in [7, 11) is 0. The van der Waals surface area contributed by atoms with E-state index >= 15 is 0 Å². The Labute approximate surface area is 448 Å². The fourth-order valence-electron chi connectivity index (χ4n) is 9.27. The number of hydrogen-bond acceptors (Lipinski definition) is 6. The van der Waals surface area contributed by atoms with Gasteiger partial charge < -0.3 is 14.2 Å². The van der Waals surface area contributed by atoms with Crippen molar-refractivity contribution in [1.29, 1.82) is 0 Å². The molecule has 72 heavy (non-hydrogen) atoms. The summed E-state index contributed by atoms with van der Waals surface area (Å²) in [5, 5.41) is 0. The molecule has 1 unspecified atom stereocenters. The van der Waals surface area contributed by atoms with Crippen molar-refractivity contribution < 1.29 is 28.6 Å². The second-order valence-electron chi connectivity index (χ2n) is 21.3. The van der Waals surface area contributed by atoms with Gasteiger partial charge in [0.15, 0.2) is 6.10 Å². The van der Waals surface area contributed by atoms with Crippen LogP contribution in [0.15, 0.2) is 48.6 Å². The monoisotopic (exact) mass is 1010 g/mol. The number of rotatable bonds is 58. The Bertz CT molecular complexity index is 1250. The largest absolute Gasteiger partial charge is 0.462 e. The van der Waals surface area contributed by atoms with E-state index < -0.39 is 6.10 Å². The molecule has 0 aromatic carbocycles. The lowest BCUT2D eigenvalue weighted by molar-refractivity contribution is -0.167. The SMILES string of the molecule is CCCCCC/C=C\C/C=C\CCCCCCCCCC(=O)OCC(COC(=O)CCCCCCCCCCCCCCCCCCCC)OC(=O)CCCCCCCCC/C=C\C/C=C\CCCCCC. The van der Waals surface area contributed by atoms with Gasteiger partial charge in [-0.2, -0.15) is 0 Å². The summed E-state index contributed by atoms with van der Waals surface area (Å²) < 4.78 is 16.9. The van der Waals surface area contributed by atoms with Gasteiger partial charge in [0.25, 0.3) is 0 Å². The summed E-state index contributed by atoms with van der Waals surface area (Å²) >= 11 is 0. The highest BCUT2D eigenvalue weighted by Crippen LogP contribution is 2.17. The second kappa shape index (κ2) is 60.9. The van der Waals surface area contributed by atoms with E-state index in [4.69, 9.17) is 14.2 Å². The van der Waals surface area contributed by atoms with Gasteiger partial charge in [-0.05, 0) is 83.5 Å². The lowest BCUT2D eigenvalue weighted by Crippen LogP contribution is -2.30. The molecule has 6 heteroatoms. The van der Waals surface area contributed by atoms with Gasteiger partial charge in [0.1, 0.15) is 13.2 Å². The molecule has 420 valence electrons. The van der Waals surface area contributed by atoms with Crippen LogP contribution in [0.3, 0.4) is 0 Å². The molecule has 0 rings (SSSR count). The van der Waals surface area contributed by atoms with Gasteiger partial charge in [0, 0.05) is 19.3 Å². The van der Waals surface area contributed by atoms with Gasteiger partial charge in [-0.25, -0.2) is 0 Å². The van der Waals surface area contributed by atoms with Crippen molar-refractivity contribution in [3.8, 4) is 0 Å². The zero-order valence-corrected chi connectivity index (χ0v) is 48.2. The van der Waals surface area contributed by atoms with Crippen LogP contribution in [0.25, 0.3) is 0 Å². The molecule has 0 aromatic heterocycles. The van der Waals surface area contributed by atoms with Crippen LogP contribution in [0.1, 0.15) is 335 Å². The minimum absolute atomic E-state index is 0.0754. The number of carbonyl (C=O) groups is 3. The van der Waals surface area contributed by atoms with Crippen LogP contribution in [0.2, 0.25) is 0 Å². The molecule has 0 heterocycles. The Morgan fingerprint density at radius 1 is 0.278 bits per heavy atom. The lowest BCUT2D eigenvalue weighted by Gasteiger charge is -2.18. The van der Waals surface area contributed by atoms with Crippen molar-refractivity contribution in [2.75, 3.05) is 13.2 Å². The third-order valence-corrected chi connectivity index (χ3v) is 14.1. The third kappa shape index (κ3) is 58.3. The molecule has 0 bridgehead atoms. The summed E-state index contributed by atoms with van der Waals surface area (Å²) in [5.41, 5.74) is 0. The van der Waals surface area contributed by atoms with E-state index in [1.807, 2.05) is 0 Å². The van der Waals surface area contributed by atoms with Crippen LogP contribution in [0.4, 0.5) is 0 Å². The Hall–Kier alpha value is -2.63. The van der Waals surface area contributed by atoms with E-state index in [1.54, 1.807) is 0 Å². The highest BCUT2D eigenvalue weighted by molar-refractivity contribution is 5.71. The molecule has 6 nitrogen and oxygen atoms in total. The minimum Gasteiger partial charge on any atom is -0.462 e. The van der Waals surface area contributed by atoms with Crippen molar-refractivity contribution in [1.82, 2.24) is 0 Å². The molecule has 0 aliphatic heterocycles. The molecular weight excluding hydrogens is 889 g/mol. The Morgan fingerprint density at radius 2 is 0.500 bits per heavy atom. The number of hydrogen-bond donors (Lipinski definition) is 0. The highest BCUT2D eigenvalue weighted by atomic mass is 16.6. The first-order valence-electron chi connectivity index (χ1n) is 31.6. The fraction of sp³-hybridized carbons (Fsp3) is 0.833. The van der Waals surface area contributed by atoms with Gasteiger partial charge in [0.2, 0.25) is 0 Å². The molecule has 0 radical (unpaired) electrons. The number of ether oxygens (including phenoxy) is 3. The summed E-state index contributed by atoms with van der Waals surface area (Å²) in [6.45, 7) is 6.65. The first-order valence-corrected chi connectivity index (χ1v) is 31.6. The van der Waals surface area contributed by atoms with Crippen LogP contribution in [0.5, 0.6) is 0 Å². The normalized spacial score (nSPS) is 12.3. The Balaban J connectivity index is 4.37. The van der Waals surface area contributed by atoms with E-state index in [-0.39, 0.29) is 31.1 Å². The molecular formula is C66H120O6. The quantitative estimate of drug-likeness (QED) is 0.0261. The molecule has 0 aliphatic carbocycles. The molecule has 0 aromatic rings. The number of esters is 3. The molecule has 0 fully saturated rings. The van der Waals surface area contributed by atoms with E-state index in [0.29, 0.717) is 19.3 Å². The lowest BCUT2D eigenvalue weighted by atomic mass is 10.0. The molecule has 0 N–H and O–H groups in total. The van der Waals surface area contributed by atoms with Gasteiger partial charge in [-0.3, -0.25) is 14.4 Å². The van der Waals surface area contributed by atoms with E-state index in [0.717, 1.165) is 83.5 Å². The van der Waals surface area contributed by atoms with Crippen molar-refractivity contribution >= 4 is 17.9 Å². The molecule has 0 amide bonds. The van der Waals surface area contributed by atoms with Crippen LogP contribution < -0.4 is 0 Å². The van der Waals surface area contributed by atoms with Crippen molar-refractivity contribution in [3.05, 3.63) is 48.6 Å². The Morgan fingerprint density at radius 3 is 0.778 bits per heavy atom. The molecule has 0 saturated carbocycles. The van der Waals surface area contributed by atoms with Gasteiger partial charge >= 0.3 is 17.9 Å². The predicted molar refractivity (Wildman–Crippen MR) is 312 cm³/mol. The van der Waals surface area contributed by atoms with Crippen molar-refractivity contribution in [2.45, 2.75) is 341 Å². The number of allylic oxidation sites excluding steroid dienone is 8. The standard InChI is InChI=1S/C66H120O6/c1-4-7-10-13-16-19-22-25-28-31-34-37-40-43-46-49-52-55-58-64(67)70-61-63(72-66(69)60-57-54-51-48-45-42-39-36-33-30-27-24-21-18-15-12-9-6-3)62-71-65(68)59-56-53-50-47-44-41-38-35-32-29-26-23-20-17-14-11-8-5-2/h19,21-22,24,28,30-31,33,63H,4-18,20,23,25-27,29,32,34-62H2,1-3H3/b22-19-,24-21-,31-28-,33-30-. The summed E-state index contributed by atoms with van der Waals surface area (Å²) in [5.74, 6) is -0.871. The predicted octanol–water partition coefficient (Wildman–Crippen LogP) is 21.4. The highest BCUT2D eigenvalue weighted by Gasteiger charge is 2.19. The van der Waals surface area contributed by atoms with Gasteiger partial charge in [-0.1, -0.05) is 281 Å². The maximum absolute atomic E-state index is 12.9. The molecule has 1 atom stereocenters. The average molecular weight is 1010 g/mol. The van der Waals surface area contributed by atoms with Crippen LogP contribution in [0, 0.1) is 0 Å². The van der Waals surface area contributed by atoms with Crippen LogP contribution in [-0.4, -0.2) is 37.2 Å². The first kappa shape index (κ1) is 69.4. The van der Waals surface area contributed by atoms with Gasteiger partial charge in [0.05, 0.1) is 0 Å². The molecule has 0 spiro atoms. The summed E-state index contributed by atoms with van der Waals surface area (Å²) in [6, 6.07) is 0. The first-order chi connectivity index (χ1) is 35.5. The smallest absolute Gasteiger partial charge is 0.306 e. The maximum atomic E-state index is 12.9.